The molecule has 2 amide bonds. The van der Waals surface area contributed by atoms with E-state index in [1.165, 1.54) is 16.9 Å². The number of aryl methyl sites for hydroxylation is 1. The molecule has 0 saturated carbocycles. The summed E-state index contributed by atoms with van der Waals surface area (Å²) in [4.78, 5) is 29.3. The highest BCUT2D eigenvalue weighted by atomic mass is 32.1. The van der Waals surface area contributed by atoms with E-state index in [1.807, 2.05) is 40.6 Å². The lowest BCUT2D eigenvalue weighted by molar-refractivity contribution is -0.133. The molecule has 0 bridgehead atoms. The Labute approximate surface area is 165 Å². The van der Waals surface area contributed by atoms with Crippen LogP contribution >= 0.6 is 11.3 Å². The summed E-state index contributed by atoms with van der Waals surface area (Å²) in [5, 5.41) is 4.87. The smallest absolute Gasteiger partial charge is 0.261 e. The monoisotopic (exact) mass is 385 g/mol. The third kappa shape index (κ3) is 6.19. The van der Waals surface area contributed by atoms with Crippen molar-refractivity contribution in [2.75, 3.05) is 39.3 Å². The standard InChI is InChI=1S/C21H27N3O2S/c25-20(10-4-8-18-6-2-1-3-7-18)24-15-13-23(14-16-24)12-11-22-21(26)19-9-5-17-27-19/h1-3,5-7,9,17H,4,8,10-16H2,(H,22,26). The number of hydrogen-bond donors (Lipinski definition) is 1. The molecule has 1 aromatic carbocycles. The molecule has 1 aliphatic rings. The van der Waals surface area contributed by atoms with Crippen molar-refractivity contribution in [2.45, 2.75) is 19.3 Å². The molecule has 0 radical (unpaired) electrons. The molecule has 0 unspecified atom stereocenters. The number of carbonyl (C=O) groups excluding carboxylic acids is 2. The maximum atomic E-state index is 12.4. The lowest BCUT2D eigenvalue weighted by Gasteiger charge is -2.34. The lowest BCUT2D eigenvalue weighted by Crippen LogP contribution is -2.50. The van der Waals surface area contributed by atoms with E-state index >= 15 is 0 Å². The number of carbonyl (C=O) groups is 2. The molecule has 2 aromatic rings. The van der Waals surface area contributed by atoms with Crippen molar-refractivity contribution < 1.29 is 9.59 Å². The van der Waals surface area contributed by atoms with Crippen LogP contribution in [0.25, 0.3) is 0 Å². The Bertz CT molecular complexity index is 710. The molecule has 0 spiro atoms. The van der Waals surface area contributed by atoms with Gasteiger partial charge in [-0.05, 0) is 29.9 Å². The Balaban J connectivity index is 1.29. The molecule has 1 aromatic heterocycles. The highest BCUT2D eigenvalue weighted by molar-refractivity contribution is 7.12. The topological polar surface area (TPSA) is 52.7 Å². The highest BCUT2D eigenvalue weighted by Crippen LogP contribution is 2.09. The third-order valence-electron chi connectivity index (χ3n) is 4.88. The van der Waals surface area contributed by atoms with Crippen LogP contribution in [0.1, 0.15) is 28.1 Å². The molecular formula is C21H27N3O2S. The van der Waals surface area contributed by atoms with E-state index in [0.29, 0.717) is 13.0 Å². The Morgan fingerprint density at radius 1 is 1.00 bits per heavy atom. The van der Waals surface area contributed by atoms with Crippen LogP contribution in [-0.4, -0.2) is 60.9 Å². The van der Waals surface area contributed by atoms with E-state index in [-0.39, 0.29) is 11.8 Å². The van der Waals surface area contributed by atoms with E-state index in [9.17, 15) is 9.59 Å². The van der Waals surface area contributed by atoms with Crippen molar-refractivity contribution in [3.05, 3.63) is 58.3 Å². The predicted octanol–water partition coefficient (Wildman–Crippen LogP) is 2.65. The fraction of sp³-hybridized carbons (Fsp3) is 0.429. The van der Waals surface area contributed by atoms with Crippen LogP contribution < -0.4 is 5.32 Å². The first-order valence-electron chi connectivity index (χ1n) is 9.58. The summed E-state index contributed by atoms with van der Waals surface area (Å²) in [5.41, 5.74) is 1.29. The molecule has 5 nitrogen and oxygen atoms in total. The van der Waals surface area contributed by atoms with Gasteiger partial charge in [0.1, 0.15) is 0 Å². The Morgan fingerprint density at radius 2 is 1.78 bits per heavy atom. The highest BCUT2D eigenvalue weighted by Gasteiger charge is 2.20. The average molecular weight is 386 g/mol. The fourth-order valence-electron chi connectivity index (χ4n) is 3.29. The van der Waals surface area contributed by atoms with Crippen LogP contribution in [0.15, 0.2) is 47.8 Å². The number of piperazine rings is 1. The molecule has 3 rings (SSSR count). The molecule has 1 N–H and O–H groups in total. The summed E-state index contributed by atoms with van der Waals surface area (Å²) in [7, 11) is 0. The molecule has 1 saturated heterocycles. The lowest BCUT2D eigenvalue weighted by atomic mass is 10.1. The second kappa shape index (κ2) is 10.2. The van der Waals surface area contributed by atoms with Gasteiger partial charge in [-0.1, -0.05) is 36.4 Å². The van der Waals surface area contributed by atoms with Crippen molar-refractivity contribution in [1.82, 2.24) is 15.1 Å². The number of nitrogens with zero attached hydrogens (tertiary/aromatic N) is 2. The van der Waals surface area contributed by atoms with Gasteiger partial charge in [-0.2, -0.15) is 0 Å². The maximum absolute atomic E-state index is 12.4. The van der Waals surface area contributed by atoms with Crippen LogP contribution in [0, 0.1) is 0 Å². The number of thiophene rings is 1. The molecule has 6 heteroatoms. The zero-order chi connectivity index (χ0) is 18.9. The summed E-state index contributed by atoms with van der Waals surface area (Å²) in [6, 6.07) is 14.0. The molecule has 0 atom stereocenters. The minimum atomic E-state index is -0.00256. The van der Waals surface area contributed by atoms with Gasteiger partial charge >= 0.3 is 0 Å². The fourth-order valence-corrected chi connectivity index (χ4v) is 3.93. The quantitative estimate of drug-likeness (QED) is 0.760. The average Bonchev–Trinajstić information content (AvgIpc) is 3.24. The van der Waals surface area contributed by atoms with E-state index in [4.69, 9.17) is 0 Å². The van der Waals surface area contributed by atoms with E-state index in [2.05, 4.69) is 22.3 Å². The Kier molecular flexibility index (Phi) is 7.42. The van der Waals surface area contributed by atoms with Gasteiger partial charge < -0.3 is 10.2 Å². The second-order valence-electron chi connectivity index (χ2n) is 6.79. The summed E-state index contributed by atoms with van der Waals surface area (Å²) >= 11 is 1.46. The first-order valence-corrected chi connectivity index (χ1v) is 10.5. The van der Waals surface area contributed by atoms with E-state index in [1.54, 1.807) is 0 Å². The zero-order valence-corrected chi connectivity index (χ0v) is 16.4. The van der Waals surface area contributed by atoms with Crippen LogP contribution in [0.4, 0.5) is 0 Å². The second-order valence-corrected chi connectivity index (χ2v) is 7.74. The Hall–Kier alpha value is -2.18. The molecule has 27 heavy (non-hydrogen) atoms. The number of nitrogens with one attached hydrogen (secondary N) is 1. The first kappa shape index (κ1) is 19.6. The molecule has 1 fully saturated rings. The largest absolute Gasteiger partial charge is 0.350 e. The van der Waals surface area contributed by atoms with Gasteiger partial charge in [0.2, 0.25) is 5.91 Å². The summed E-state index contributed by atoms with van der Waals surface area (Å²) in [6.45, 7) is 4.78. The summed E-state index contributed by atoms with van der Waals surface area (Å²) in [5.74, 6) is 0.258. The first-order chi connectivity index (χ1) is 13.2. The van der Waals surface area contributed by atoms with Gasteiger partial charge in [-0.15, -0.1) is 11.3 Å². The van der Waals surface area contributed by atoms with Gasteiger partial charge in [0.15, 0.2) is 0 Å². The van der Waals surface area contributed by atoms with Crippen molar-refractivity contribution in [1.29, 1.82) is 0 Å². The predicted molar refractivity (Wildman–Crippen MR) is 109 cm³/mol. The van der Waals surface area contributed by atoms with E-state index in [0.717, 1.165) is 50.4 Å². The summed E-state index contributed by atoms with van der Waals surface area (Å²) in [6.07, 6.45) is 2.47. The van der Waals surface area contributed by atoms with Gasteiger partial charge in [0.05, 0.1) is 4.88 Å². The number of benzene rings is 1. The van der Waals surface area contributed by atoms with Crippen LogP contribution in [0.2, 0.25) is 0 Å². The minimum absolute atomic E-state index is 0.00256. The molecular weight excluding hydrogens is 358 g/mol. The van der Waals surface area contributed by atoms with Crippen molar-refractivity contribution >= 4 is 23.2 Å². The zero-order valence-electron chi connectivity index (χ0n) is 15.6. The number of amides is 2. The van der Waals surface area contributed by atoms with Crippen LogP contribution in [0.5, 0.6) is 0 Å². The van der Waals surface area contributed by atoms with Crippen molar-refractivity contribution in [3.8, 4) is 0 Å². The molecule has 2 heterocycles. The molecule has 144 valence electrons. The SMILES string of the molecule is O=C(NCCN1CCN(C(=O)CCCc2ccccc2)CC1)c1cccs1. The summed E-state index contributed by atoms with van der Waals surface area (Å²) < 4.78 is 0. The van der Waals surface area contributed by atoms with Crippen molar-refractivity contribution in [3.63, 3.8) is 0 Å². The van der Waals surface area contributed by atoms with Crippen LogP contribution in [-0.2, 0) is 11.2 Å². The van der Waals surface area contributed by atoms with Gasteiger partial charge in [0.25, 0.3) is 5.91 Å². The molecule has 0 aliphatic carbocycles. The van der Waals surface area contributed by atoms with E-state index < -0.39 is 0 Å². The maximum Gasteiger partial charge on any atom is 0.261 e. The van der Waals surface area contributed by atoms with Gasteiger partial charge in [0, 0.05) is 45.7 Å². The minimum Gasteiger partial charge on any atom is -0.350 e. The normalized spacial score (nSPS) is 14.9. The van der Waals surface area contributed by atoms with Crippen molar-refractivity contribution in [2.24, 2.45) is 0 Å². The van der Waals surface area contributed by atoms with Crippen LogP contribution in [0.3, 0.4) is 0 Å². The van der Waals surface area contributed by atoms with Gasteiger partial charge in [-0.3, -0.25) is 14.5 Å². The number of rotatable bonds is 8. The van der Waals surface area contributed by atoms with Gasteiger partial charge in [-0.25, -0.2) is 0 Å². The number of hydrogen-bond acceptors (Lipinski definition) is 4. The Morgan fingerprint density at radius 3 is 2.48 bits per heavy atom. The molecule has 1 aliphatic heterocycles. The third-order valence-corrected chi connectivity index (χ3v) is 5.75.